The summed E-state index contributed by atoms with van der Waals surface area (Å²) in [6.07, 6.45) is 0. The molecule has 0 radical (unpaired) electrons. The molecule has 6 nitrogen and oxygen atoms in total. The normalized spacial score (nSPS) is 11.0. The van der Waals surface area contributed by atoms with Crippen molar-refractivity contribution < 1.29 is 9.53 Å². The zero-order valence-corrected chi connectivity index (χ0v) is 14.7. The number of carbonyl (C=O) groups excluding carboxylic acids is 1. The predicted octanol–water partition coefficient (Wildman–Crippen LogP) is 3.06. The van der Waals surface area contributed by atoms with Crippen molar-refractivity contribution in [1.29, 1.82) is 0 Å². The summed E-state index contributed by atoms with van der Waals surface area (Å²) < 4.78 is 5.65. The number of nitrogens with zero attached hydrogens (tertiary/aromatic N) is 2. The van der Waals surface area contributed by atoms with Crippen LogP contribution in [0.4, 0.5) is 5.69 Å². The van der Waals surface area contributed by atoms with Gasteiger partial charge >= 0.3 is 0 Å². The van der Waals surface area contributed by atoms with Crippen LogP contribution in [-0.2, 0) is 0 Å². The molecule has 0 atom stereocenters. The molecule has 3 aromatic rings. The van der Waals surface area contributed by atoms with E-state index in [1.165, 1.54) is 0 Å². The highest BCUT2D eigenvalue weighted by Gasteiger charge is 2.14. The number of ether oxygens (including phenoxy) is 1. The zero-order valence-electron chi connectivity index (χ0n) is 14.7. The molecule has 0 unspecified atom stereocenters. The van der Waals surface area contributed by atoms with Gasteiger partial charge in [-0.05, 0) is 57.4 Å². The van der Waals surface area contributed by atoms with Crippen LogP contribution < -0.4 is 10.1 Å². The van der Waals surface area contributed by atoms with E-state index < -0.39 is 0 Å². The van der Waals surface area contributed by atoms with Gasteiger partial charge in [-0.3, -0.25) is 9.89 Å². The standard InChI is InChI=1S/C19H22N4O2/c1-13-4-9-17-16(12-13)18(22-21-17)19(24)20-14-5-7-15(8-6-14)25-11-10-23(2)3/h4-9,12H,10-11H2,1-3H3,(H,20,24)(H,21,22). The summed E-state index contributed by atoms with van der Waals surface area (Å²) in [5.41, 5.74) is 3.03. The van der Waals surface area contributed by atoms with Gasteiger partial charge in [-0.2, -0.15) is 5.10 Å². The molecule has 0 fully saturated rings. The molecular weight excluding hydrogens is 316 g/mol. The van der Waals surface area contributed by atoms with Crippen molar-refractivity contribution in [3.8, 4) is 5.75 Å². The van der Waals surface area contributed by atoms with Gasteiger partial charge in [0.1, 0.15) is 12.4 Å². The highest BCUT2D eigenvalue weighted by molar-refractivity contribution is 6.11. The molecular formula is C19H22N4O2. The smallest absolute Gasteiger partial charge is 0.276 e. The van der Waals surface area contributed by atoms with Crippen LogP contribution in [0, 0.1) is 6.92 Å². The number of fused-ring (bicyclic) bond motifs is 1. The fraction of sp³-hybridized carbons (Fsp3) is 0.263. The number of aryl methyl sites for hydroxylation is 1. The van der Waals surface area contributed by atoms with Crippen molar-refractivity contribution in [3.05, 3.63) is 53.7 Å². The quantitative estimate of drug-likeness (QED) is 0.725. The molecule has 0 spiro atoms. The number of aromatic nitrogens is 2. The van der Waals surface area contributed by atoms with Crippen LogP contribution in [0.25, 0.3) is 10.9 Å². The molecule has 130 valence electrons. The first-order valence-electron chi connectivity index (χ1n) is 8.16. The topological polar surface area (TPSA) is 70.2 Å². The molecule has 0 bridgehead atoms. The maximum Gasteiger partial charge on any atom is 0.276 e. The molecule has 3 rings (SSSR count). The Morgan fingerprint density at radius 1 is 1.20 bits per heavy atom. The maximum absolute atomic E-state index is 12.5. The number of hydrogen-bond donors (Lipinski definition) is 2. The average Bonchev–Trinajstić information content (AvgIpc) is 2.99. The Morgan fingerprint density at radius 3 is 2.68 bits per heavy atom. The summed E-state index contributed by atoms with van der Waals surface area (Å²) in [6.45, 7) is 3.46. The number of benzene rings is 2. The highest BCUT2D eigenvalue weighted by Crippen LogP contribution is 2.20. The molecule has 0 aliphatic heterocycles. The summed E-state index contributed by atoms with van der Waals surface area (Å²) in [6, 6.07) is 13.2. The van der Waals surface area contributed by atoms with Gasteiger partial charge in [-0.25, -0.2) is 0 Å². The minimum atomic E-state index is -0.238. The molecule has 0 saturated carbocycles. The van der Waals surface area contributed by atoms with Crippen LogP contribution in [0.3, 0.4) is 0 Å². The van der Waals surface area contributed by atoms with Crippen molar-refractivity contribution in [3.63, 3.8) is 0 Å². The first kappa shape index (κ1) is 17.0. The van der Waals surface area contributed by atoms with Gasteiger partial charge in [-0.15, -0.1) is 0 Å². The number of likely N-dealkylation sites (N-methyl/N-ethyl adjacent to an activating group) is 1. The second-order valence-electron chi connectivity index (χ2n) is 6.25. The van der Waals surface area contributed by atoms with Crippen LogP contribution in [0.5, 0.6) is 5.75 Å². The van der Waals surface area contributed by atoms with Gasteiger partial charge in [-0.1, -0.05) is 11.6 Å². The van der Waals surface area contributed by atoms with Gasteiger partial charge in [0.15, 0.2) is 5.69 Å². The first-order valence-corrected chi connectivity index (χ1v) is 8.16. The molecule has 25 heavy (non-hydrogen) atoms. The largest absolute Gasteiger partial charge is 0.492 e. The van der Waals surface area contributed by atoms with E-state index in [-0.39, 0.29) is 5.91 Å². The SMILES string of the molecule is Cc1ccc2[nH]nc(C(=O)Nc3ccc(OCCN(C)C)cc3)c2c1. The Hall–Kier alpha value is -2.86. The number of rotatable bonds is 6. The van der Waals surface area contributed by atoms with E-state index in [9.17, 15) is 4.79 Å². The fourth-order valence-corrected chi connectivity index (χ4v) is 2.47. The second kappa shape index (κ2) is 7.36. The minimum Gasteiger partial charge on any atom is -0.492 e. The van der Waals surface area contributed by atoms with E-state index in [1.54, 1.807) is 0 Å². The summed E-state index contributed by atoms with van der Waals surface area (Å²) in [7, 11) is 4.00. The van der Waals surface area contributed by atoms with Gasteiger partial charge in [0, 0.05) is 17.6 Å². The number of amides is 1. The van der Waals surface area contributed by atoms with Crippen molar-refractivity contribution in [2.75, 3.05) is 32.6 Å². The van der Waals surface area contributed by atoms with Crippen molar-refractivity contribution in [1.82, 2.24) is 15.1 Å². The third kappa shape index (κ3) is 4.16. The van der Waals surface area contributed by atoms with E-state index in [0.717, 1.165) is 28.8 Å². The monoisotopic (exact) mass is 338 g/mol. The van der Waals surface area contributed by atoms with Gasteiger partial charge < -0.3 is 15.0 Å². The van der Waals surface area contributed by atoms with Crippen LogP contribution >= 0.6 is 0 Å². The lowest BCUT2D eigenvalue weighted by molar-refractivity contribution is 0.102. The van der Waals surface area contributed by atoms with Crippen LogP contribution in [0.1, 0.15) is 16.1 Å². The summed E-state index contributed by atoms with van der Waals surface area (Å²) in [5.74, 6) is 0.541. The second-order valence-corrected chi connectivity index (χ2v) is 6.25. The van der Waals surface area contributed by atoms with E-state index >= 15 is 0 Å². The number of carbonyl (C=O) groups is 1. The molecule has 1 aromatic heterocycles. The lowest BCUT2D eigenvalue weighted by atomic mass is 10.1. The van der Waals surface area contributed by atoms with Crippen molar-refractivity contribution in [2.45, 2.75) is 6.92 Å². The summed E-state index contributed by atoms with van der Waals surface area (Å²) in [4.78, 5) is 14.6. The molecule has 2 aromatic carbocycles. The van der Waals surface area contributed by atoms with E-state index in [0.29, 0.717) is 18.0 Å². The van der Waals surface area contributed by atoms with Crippen LogP contribution in [0.15, 0.2) is 42.5 Å². The Balaban J connectivity index is 1.67. The third-order valence-electron chi connectivity index (χ3n) is 3.85. The van der Waals surface area contributed by atoms with Crippen molar-refractivity contribution in [2.24, 2.45) is 0 Å². The molecule has 0 aliphatic carbocycles. The number of nitrogens with one attached hydrogen (secondary N) is 2. The Bertz CT molecular complexity index is 869. The van der Waals surface area contributed by atoms with Gasteiger partial charge in [0.05, 0.1) is 5.52 Å². The molecule has 0 saturated heterocycles. The molecule has 6 heteroatoms. The maximum atomic E-state index is 12.5. The van der Waals surface area contributed by atoms with Crippen molar-refractivity contribution >= 4 is 22.5 Å². The first-order chi connectivity index (χ1) is 12.0. The fourth-order valence-electron chi connectivity index (χ4n) is 2.47. The van der Waals surface area contributed by atoms with E-state index in [1.807, 2.05) is 63.5 Å². The predicted molar refractivity (Wildman–Crippen MR) is 99.3 cm³/mol. The van der Waals surface area contributed by atoms with E-state index in [2.05, 4.69) is 20.4 Å². The lowest BCUT2D eigenvalue weighted by Gasteiger charge is -2.11. The molecule has 1 amide bonds. The number of anilines is 1. The Labute approximate surface area is 146 Å². The van der Waals surface area contributed by atoms with E-state index in [4.69, 9.17) is 4.74 Å². The minimum absolute atomic E-state index is 0.238. The van der Waals surface area contributed by atoms with Crippen LogP contribution in [-0.4, -0.2) is 48.3 Å². The van der Waals surface area contributed by atoms with Crippen LogP contribution in [0.2, 0.25) is 0 Å². The number of hydrogen-bond acceptors (Lipinski definition) is 4. The Kier molecular flexibility index (Phi) is 5.00. The lowest BCUT2D eigenvalue weighted by Crippen LogP contribution is -2.19. The summed E-state index contributed by atoms with van der Waals surface area (Å²) in [5, 5.41) is 10.7. The number of aromatic amines is 1. The average molecular weight is 338 g/mol. The van der Waals surface area contributed by atoms with Gasteiger partial charge in [0.2, 0.25) is 0 Å². The molecule has 0 aliphatic rings. The highest BCUT2D eigenvalue weighted by atomic mass is 16.5. The number of H-pyrrole nitrogens is 1. The zero-order chi connectivity index (χ0) is 17.8. The molecule has 2 N–H and O–H groups in total. The third-order valence-corrected chi connectivity index (χ3v) is 3.85. The molecule has 1 heterocycles. The Morgan fingerprint density at radius 2 is 1.96 bits per heavy atom. The summed E-state index contributed by atoms with van der Waals surface area (Å²) >= 11 is 0. The van der Waals surface area contributed by atoms with Gasteiger partial charge in [0.25, 0.3) is 5.91 Å².